The van der Waals surface area contributed by atoms with Crippen molar-refractivity contribution >= 4 is 5.69 Å². The maximum atomic E-state index is 3.46. The molecule has 0 aliphatic carbocycles. The summed E-state index contributed by atoms with van der Waals surface area (Å²) in [4.78, 5) is 2.45. The minimum atomic E-state index is 0.552. The van der Waals surface area contributed by atoms with Gasteiger partial charge in [0.25, 0.3) is 0 Å². The third-order valence-corrected chi connectivity index (χ3v) is 3.90. The summed E-state index contributed by atoms with van der Waals surface area (Å²) < 4.78 is 0. The summed E-state index contributed by atoms with van der Waals surface area (Å²) in [6.07, 6.45) is 1.22. The Morgan fingerprint density at radius 1 is 1.17 bits per heavy atom. The number of nitrogens with zero attached hydrogens (tertiary/aromatic N) is 1. The number of hydrogen-bond acceptors (Lipinski definition) is 2. The average Bonchev–Trinajstić information content (AvgIpc) is 2.41. The van der Waals surface area contributed by atoms with E-state index < -0.39 is 0 Å². The summed E-state index contributed by atoms with van der Waals surface area (Å²) in [5, 5.41) is 3.46. The Morgan fingerprint density at radius 3 is 2.22 bits per heavy atom. The van der Waals surface area contributed by atoms with E-state index in [0.29, 0.717) is 12.0 Å². The van der Waals surface area contributed by atoms with Gasteiger partial charge in [-0.15, -0.1) is 0 Å². The molecule has 0 aromatic heterocycles. The molecule has 0 fully saturated rings. The molecule has 102 valence electrons. The Bertz CT molecular complexity index is 331. The van der Waals surface area contributed by atoms with Crippen LogP contribution >= 0.6 is 0 Å². The van der Waals surface area contributed by atoms with Gasteiger partial charge in [0.1, 0.15) is 0 Å². The fourth-order valence-corrected chi connectivity index (χ4v) is 2.25. The highest BCUT2D eigenvalue weighted by atomic mass is 15.1. The third-order valence-electron chi connectivity index (χ3n) is 3.90. The van der Waals surface area contributed by atoms with Crippen molar-refractivity contribution in [3.05, 3.63) is 29.8 Å². The summed E-state index contributed by atoms with van der Waals surface area (Å²) in [6, 6.07) is 9.38. The zero-order valence-electron chi connectivity index (χ0n) is 12.5. The molecule has 0 spiro atoms. The number of likely N-dealkylation sites (N-methyl/N-ethyl adjacent to an activating group) is 2. The number of rotatable bonds is 7. The second kappa shape index (κ2) is 7.42. The molecule has 2 unspecified atom stereocenters. The molecule has 0 bridgehead atoms. The molecule has 1 aromatic rings. The van der Waals surface area contributed by atoms with E-state index in [1.807, 2.05) is 0 Å². The first-order chi connectivity index (χ1) is 8.62. The SMILES string of the molecule is CCC(C)C(CN(CC)c1ccc(C)cc1)NC. The van der Waals surface area contributed by atoms with Crippen LogP contribution in [0.15, 0.2) is 24.3 Å². The van der Waals surface area contributed by atoms with E-state index in [1.165, 1.54) is 17.7 Å². The Morgan fingerprint density at radius 2 is 1.78 bits per heavy atom. The Labute approximate surface area is 112 Å². The molecule has 1 rings (SSSR count). The molecule has 0 amide bonds. The standard InChI is InChI=1S/C16H28N2/c1-6-14(4)16(17-5)12-18(7-2)15-10-8-13(3)9-11-15/h8-11,14,16-17H,6-7,12H2,1-5H3. The number of nitrogens with one attached hydrogen (secondary N) is 1. The lowest BCUT2D eigenvalue weighted by atomic mass is 9.98. The van der Waals surface area contributed by atoms with Crippen molar-refractivity contribution in [2.24, 2.45) is 5.92 Å². The summed E-state index contributed by atoms with van der Waals surface area (Å²) in [6.45, 7) is 11.1. The van der Waals surface area contributed by atoms with Crippen LogP contribution in [0.2, 0.25) is 0 Å². The summed E-state index contributed by atoms with van der Waals surface area (Å²) >= 11 is 0. The van der Waals surface area contributed by atoms with Gasteiger partial charge in [-0.3, -0.25) is 0 Å². The normalized spacial score (nSPS) is 14.3. The van der Waals surface area contributed by atoms with E-state index in [4.69, 9.17) is 0 Å². The van der Waals surface area contributed by atoms with E-state index in [1.54, 1.807) is 0 Å². The number of hydrogen-bond donors (Lipinski definition) is 1. The number of anilines is 1. The molecule has 0 saturated carbocycles. The van der Waals surface area contributed by atoms with Gasteiger partial charge in [0, 0.05) is 24.8 Å². The van der Waals surface area contributed by atoms with Crippen LogP contribution in [0, 0.1) is 12.8 Å². The van der Waals surface area contributed by atoms with Crippen LogP contribution in [0.3, 0.4) is 0 Å². The van der Waals surface area contributed by atoms with E-state index >= 15 is 0 Å². The molecule has 1 N–H and O–H groups in total. The van der Waals surface area contributed by atoms with Crippen molar-refractivity contribution < 1.29 is 0 Å². The van der Waals surface area contributed by atoms with Crippen LogP contribution in [0.5, 0.6) is 0 Å². The highest BCUT2D eigenvalue weighted by Crippen LogP contribution is 2.17. The topological polar surface area (TPSA) is 15.3 Å². The van der Waals surface area contributed by atoms with Gasteiger partial charge in [0.05, 0.1) is 0 Å². The smallest absolute Gasteiger partial charge is 0.0366 e. The van der Waals surface area contributed by atoms with Crippen molar-refractivity contribution in [1.82, 2.24) is 5.32 Å². The molecular formula is C16H28N2. The third kappa shape index (κ3) is 4.02. The van der Waals surface area contributed by atoms with Gasteiger partial charge in [-0.25, -0.2) is 0 Å². The predicted octanol–water partition coefficient (Wildman–Crippen LogP) is 3.46. The lowest BCUT2D eigenvalue weighted by Crippen LogP contribution is -2.43. The van der Waals surface area contributed by atoms with Gasteiger partial charge in [-0.2, -0.15) is 0 Å². The molecule has 0 radical (unpaired) electrons. The summed E-state index contributed by atoms with van der Waals surface area (Å²) in [5.74, 6) is 0.703. The monoisotopic (exact) mass is 248 g/mol. The van der Waals surface area contributed by atoms with Gasteiger partial charge >= 0.3 is 0 Å². The molecule has 18 heavy (non-hydrogen) atoms. The maximum absolute atomic E-state index is 3.46. The minimum absolute atomic E-state index is 0.552. The summed E-state index contributed by atoms with van der Waals surface area (Å²) in [5.41, 5.74) is 2.65. The average molecular weight is 248 g/mol. The van der Waals surface area contributed by atoms with Crippen LogP contribution in [0.1, 0.15) is 32.8 Å². The van der Waals surface area contributed by atoms with Gasteiger partial charge in [0.15, 0.2) is 0 Å². The lowest BCUT2D eigenvalue weighted by molar-refractivity contribution is 0.388. The minimum Gasteiger partial charge on any atom is -0.370 e. The Kier molecular flexibility index (Phi) is 6.20. The largest absolute Gasteiger partial charge is 0.370 e. The highest BCUT2D eigenvalue weighted by Gasteiger charge is 2.17. The second-order valence-corrected chi connectivity index (χ2v) is 5.15. The number of aryl methyl sites for hydroxylation is 1. The van der Waals surface area contributed by atoms with E-state index in [-0.39, 0.29) is 0 Å². The molecule has 2 nitrogen and oxygen atoms in total. The first-order valence-corrected chi connectivity index (χ1v) is 7.11. The fourth-order valence-electron chi connectivity index (χ4n) is 2.25. The highest BCUT2D eigenvalue weighted by molar-refractivity contribution is 5.47. The fraction of sp³-hybridized carbons (Fsp3) is 0.625. The first kappa shape index (κ1) is 15.0. The Balaban J connectivity index is 2.74. The summed E-state index contributed by atoms with van der Waals surface area (Å²) in [7, 11) is 2.07. The lowest BCUT2D eigenvalue weighted by Gasteiger charge is -2.31. The molecule has 0 aliphatic heterocycles. The van der Waals surface area contributed by atoms with E-state index in [0.717, 1.165) is 13.1 Å². The van der Waals surface area contributed by atoms with E-state index in [2.05, 4.69) is 69.2 Å². The molecular weight excluding hydrogens is 220 g/mol. The van der Waals surface area contributed by atoms with Gasteiger partial charge < -0.3 is 10.2 Å². The molecule has 0 heterocycles. The first-order valence-electron chi connectivity index (χ1n) is 7.11. The van der Waals surface area contributed by atoms with Gasteiger partial charge in [-0.1, -0.05) is 38.0 Å². The van der Waals surface area contributed by atoms with Crippen LogP contribution in [-0.4, -0.2) is 26.2 Å². The van der Waals surface area contributed by atoms with Gasteiger partial charge in [0.2, 0.25) is 0 Å². The molecule has 0 aliphatic rings. The zero-order chi connectivity index (χ0) is 13.5. The predicted molar refractivity (Wildman–Crippen MR) is 81.4 cm³/mol. The van der Waals surface area contributed by atoms with Crippen molar-refractivity contribution in [2.45, 2.75) is 40.2 Å². The zero-order valence-corrected chi connectivity index (χ0v) is 12.5. The second-order valence-electron chi connectivity index (χ2n) is 5.15. The van der Waals surface area contributed by atoms with Crippen LogP contribution in [0.4, 0.5) is 5.69 Å². The number of benzene rings is 1. The van der Waals surface area contributed by atoms with Crippen LogP contribution in [0.25, 0.3) is 0 Å². The van der Waals surface area contributed by atoms with Gasteiger partial charge in [-0.05, 0) is 38.9 Å². The van der Waals surface area contributed by atoms with Crippen LogP contribution in [-0.2, 0) is 0 Å². The maximum Gasteiger partial charge on any atom is 0.0366 e. The van der Waals surface area contributed by atoms with E-state index in [9.17, 15) is 0 Å². The van der Waals surface area contributed by atoms with Crippen molar-refractivity contribution in [3.63, 3.8) is 0 Å². The molecule has 2 atom stereocenters. The molecule has 2 heteroatoms. The van der Waals surface area contributed by atoms with Crippen LogP contribution < -0.4 is 10.2 Å². The van der Waals surface area contributed by atoms with Crippen molar-refractivity contribution in [1.29, 1.82) is 0 Å². The quantitative estimate of drug-likeness (QED) is 0.795. The Hall–Kier alpha value is -1.02. The van der Waals surface area contributed by atoms with Crippen molar-refractivity contribution in [2.75, 3.05) is 25.0 Å². The molecule has 1 aromatic carbocycles. The molecule has 0 saturated heterocycles. The van der Waals surface area contributed by atoms with Crippen molar-refractivity contribution in [3.8, 4) is 0 Å².